The van der Waals surface area contributed by atoms with E-state index in [1.165, 1.54) is 41.7 Å². The van der Waals surface area contributed by atoms with Gasteiger partial charge in [-0.1, -0.05) is 0 Å². The molecule has 5 nitrogen and oxygen atoms in total. The van der Waals surface area contributed by atoms with Crippen molar-refractivity contribution >= 4 is 28.3 Å². The first kappa shape index (κ1) is 21.0. The largest absolute Gasteiger partial charge is 0.339 e. The van der Waals surface area contributed by atoms with Crippen LogP contribution < -0.4 is 5.32 Å². The molecule has 0 aliphatic carbocycles. The summed E-state index contributed by atoms with van der Waals surface area (Å²) in [5.74, 6) is -2.94. The molecule has 1 N–H and O–H groups in total. The third-order valence-electron chi connectivity index (χ3n) is 5.19. The van der Waals surface area contributed by atoms with Crippen LogP contribution in [0.5, 0.6) is 0 Å². The van der Waals surface area contributed by atoms with Crippen LogP contribution in [0.2, 0.25) is 0 Å². The molecule has 2 amide bonds. The Kier molecular flexibility index (Phi) is 6.03. The Hall–Kier alpha value is -3.20. The van der Waals surface area contributed by atoms with Crippen molar-refractivity contribution in [1.82, 2.24) is 9.88 Å². The van der Waals surface area contributed by atoms with Crippen LogP contribution in [0, 0.1) is 23.4 Å². The number of rotatable bonds is 4. The van der Waals surface area contributed by atoms with Gasteiger partial charge in [0.2, 0.25) is 5.91 Å². The van der Waals surface area contributed by atoms with Crippen molar-refractivity contribution in [3.63, 3.8) is 0 Å². The van der Waals surface area contributed by atoms with E-state index >= 15 is 0 Å². The van der Waals surface area contributed by atoms with Gasteiger partial charge < -0.3 is 10.2 Å². The molecular weight excluding hydrogens is 427 g/mol. The van der Waals surface area contributed by atoms with Crippen LogP contribution in [0.3, 0.4) is 0 Å². The number of anilines is 1. The van der Waals surface area contributed by atoms with Crippen LogP contribution >= 0.6 is 11.3 Å². The van der Waals surface area contributed by atoms with Gasteiger partial charge >= 0.3 is 0 Å². The Bertz CT molecular complexity index is 1110. The summed E-state index contributed by atoms with van der Waals surface area (Å²) >= 11 is 1.20. The van der Waals surface area contributed by atoms with Crippen molar-refractivity contribution in [1.29, 1.82) is 0 Å². The fourth-order valence-corrected chi connectivity index (χ4v) is 4.17. The maximum Gasteiger partial charge on any atom is 0.253 e. The van der Waals surface area contributed by atoms with Gasteiger partial charge in [0.25, 0.3) is 5.91 Å². The fourth-order valence-electron chi connectivity index (χ4n) is 3.45. The summed E-state index contributed by atoms with van der Waals surface area (Å²) in [7, 11) is 0. The summed E-state index contributed by atoms with van der Waals surface area (Å²) in [5, 5.41) is 4.79. The predicted molar refractivity (Wildman–Crippen MR) is 111 cm³/mol. The average Bonchev–Trinajstić information content (AvgIpc) is 3.24. The van der Waals surface area contributed by atoms with Crippen molar-refractivity contribution < 1.29 is 22.8 Å². The van der Waals surface area contributed by atoms with E-state index in [0.29, 0.717) is 47.9 Å². The number of carbonyl (C=O) groups is 2. The maximum absolute atomic E-state index is 13.4. The maximum atomic E-state index is 13.4. The molecule has 9 heteroatoms. The highest BCUT2D eigenvalue weighted by atomic mass is 32.1. The first-order chi connectivity index (χ1) is 14.9. The highest BCUT2D eigenvalue weighted by molar-refractivity contribution is 7.14. The standard InChI is InChI=1S/C22H18F3N3O2S/c23-16-4-1-14(2-5-16)21(30)28-9-7-13(8-10-28)20(29)27-22-26-19(12-31-22)15-3-6-17(24)18(25)11-15/h1-6,11-13H,7-10H2,(H,26,27,29). The number of amides is 2. The van der Waals surface area contributed by atoms with E-state index in [9.17, 15) is 22.8 Å². The first-order valence-electron chi connectivity index (χ1n) is 9.67. The first-order valence-corrected chi connectivity index (χ1v) is 10.6. The molecule has 0 spiro atoms. The lowest BCUT2D eigenvalue weighted by molar-refractivity contribution is -0.121. The van der Waals surface area contributed by atoms with Crippen LogP contribution in [0.15, 0.2) is 47.8 Å². The second-order valence-electron chi connectivity index (χ2n) is 7.23. The number of thiazole rings is 1. The zero-order valence-electron chi connectivity index (χ0n) is 16.3. The lowest BCUT2D eigenvalue weighted by atomic mass is 9.95. The molecule has 0 radical (unpaired) electrons. The molecule has 31 heavy (non-hydrogen) atoms. The molecule has 0 saturated carbocycles. The Balaban J connectivity index is 1.33. The number of nitrogens with zero attached hydrogens (tertiary/aromatic N) is 2. The minimum atomic E-state index is -0.960. The van der Waals surface area contributed by atoms with Crippen molar-refractivity contribution in [2.45, 2.75) is 12.8 Å². The van der Waals surface area contributed by atoms with Gasteiger partial charge in [-0.25, -0.2) is 18.2 Å². The van der Waals surface area contributed by atoms with Gasteiger partial charge in [0, 0.05) is 35.5 Å². The molecule has 1 aliphatic heterocycles. The molecule has 2 heterocycles. The molecule has 160 valence electrons. The second kappa shape index (κ2) is 8.89. The number of nitrogens with one attached hydrogen (secondary N) is 1. The van der Waals surface area contributed by atoms with Gasteiger partial charge in [-0.3, -0.25) is 9.59 Å². The zero-order valence-corrected chi connectivity index (χ0v) is 17.1. The van der Waals surface area contributed by atoms with Crippen LogP contribution in [0.1, 0.15) is 23.2 Å². The van der Waals surface area contributed by atoms with E-state index in [2.05, 4.69) is 10.3 Å². The van der Waals surface area contributed by atoms with E-state index in [4.69, 9.17) is 0 Å². The fraction of sp³-hybridized carbons (Fsp3) is 0.227. The Morgan fingerprint density at radius 3 is 2.39 bits per heavy atom. The molecule has 0 bridgehead atoms. The molecule has 1 fully saturated rings. The van der Waals surface area contributed by atoms with Crippen LogP contribution in [0.4, 0.5) is 18.3 Å². The minimum Gasteiger partial charge on any atom is -0.339 e. The van der Waals surface area contributed by atoms with Crippen LogP contribution in [-0.4, -0.2) is 34.8 Å². The lowest BCUT2D eigenvalue weighted by Gasteiger charge is -2.31. The quantitative estimate of drug-likeness (QED) is 0.632. The van der Waals surface area contributed by atoms with E-state index in [-0.39, 0.29) is 17.7 Å². The normalized spacial score (nSPS) is 14.5. The summed E-state index contributed by atoms with van der Waals surface area (Å²) in [6, 6.07) is 8.90. The van der Waals surface area contributed by atoms with Gasteiger partial charge in [-0.05, 0) is 55.3 Å². The molecule has 4 rings (SSSR count). The van der Waals surface area contributed by atoms with Gasteiger partial charge in [-0.2, -0.15) is 0 Å². The number of halogens is 3. The summed E-state index contributed by atoms with van der Waals surface area (Å²) < 4.78 is 39.6. The Morgan fingerprint density at radius 1 is 1.00 bits per heavy atom. The van der Waals surface area contributed by atoms with Gasteiger partial charge in [0.05, 0.1) is 5.69 Å². The van der Waals surface area contributed by atoms with Gasteiger partial charge in [0.15, 0.2) is 16.8 Å². The number of hydrogen-bond acceptors (Lipinski definition) is 4. The molecule has 1 aliphatic rings. The van der Waals surface area contributed by atoms with Crippen LogP contribution in [0.25, 0.3) is 11.3 Å². The number of piperidine rings is 1. The molecule has 1 aromatic heterocycles. The number of aromatic nitrogens is 1. The number of carbonyl (C=O) groups excluding carboxylic acids is 2. The van der Waals surface area contributed by atoms with E-state index in [1.54, 1.807) is 10.3 Å². The summed E-state index contributed by atoms with van der Waals surface area (Å²) in [6.07, 6.45) is 1.00. The average molecular weight is 445 g/mol. The van der Waals surface area contributed by atoms with Gasteiger partial charge in [-0.15, -0.1) is 11.3 Å². The third kappa shape index (κ3) is 4.77. The number of benzene rings is 2. The highest BCUT2D eigenvalue weighted by Crippen LogP contribution is 2.27. The highest BCUT2D eigenvalue weighted by Gasteiger charge is 2.28. The molecule has 3 aromatic rings. The smallest absolute Gasteiger partial charge is 0.253 e. The molecule has 0 unspecified atom stereocenters. The van der Waals surface area contributed by atoms with Gasteiger partial charge in [0.1, 0.15) is 5.82 Å². The van der Waals surface area contributed by atoms with E-state index in [1.807, 2.05) is 0 Å². The van der Waals surface area contributed by atoms with Crippen molar-refractivity contribution in [2.24, 2.45) is 5.92 Å². The van der Waals surface area contributed by atoms with Crippen molar-refractivity contribution in [3.8, 4) is 11.3 Å². The third-order valence-corrected chi connectivity index (χ3v) is 5.95. The molecule has 2 aromatic carbocycles. The zero-order chi connectivity index (χ0) is 22.0. The second-order valence-corrected chi connectivity index (χ2v) is 8.09. The topological polar surface area (TPSA) is 62.3 Å². The van der Waals surface area contributed by atoms with Crippen molar-refractivity contribution in [3.05, 3.63) is 70.9 Å². The SMILES string of the molecule is O=C(Nc1nc(-c2ccc(F)c(F)c2)cs1)C1CCN(C(=O)c2ccc(F)cc2)CC1. The lowest BCUT2D eigenvalue weighted by Crippen LogP contribution is -2.41. The summed E-state index contributed by atoms with van der Waals surface area (Å²) in [5.41, 5.74) is 1.28. The van der Waals surface area contributed by atoms with Crippen LogP contribution in [-0.2, 0) is 4.79 Å². The van der Waals surface area contributed by atoms with E-state index < -0.39 is 17.5 Å². The number of hydrogen-bond donors (Lipinski definition) is 1. The Labute approximate surface area is 180 Å². The Morgan fingerprint density at radius 2 is 1.71 bits per heavy atom. The van der Waals surface area contributed by atoms with Crippen molar-refractivity contribution in [2.75, 3.05) is 18.4 Å². The number of likely N-dealkylation sites (tertiary alicyclic amines) is 1. The predicted octanol–water partition coefficient (Wildman–Crippen LogP) is 4.72. The monoisotopic (exact) mass is 445 g/mol. The molecule has 1 saturated heterocycles. The molecular formula is C22H18F3N3O2S. The molecule has 0 atom stereocenters. The summed E-state index contributed by atoms with van der Waals surface area (Å²) in [6.45, 7) is 0.846. The summed E-state index contributed by atoms with van der Waals surface area (Å²) in [4.78, 5) is 31.0. The minimum absolute atomic E-state index is 0.185. The van der Waals surface area contributed by atoms with E-state index in [0.717, 1.165) is 12.1 Å².